The third kappa shape index (κ3) is 3.14. The van der Waals surface area contributed by atoms with E-state index in [0.717, 1.165) is 24.2 Å². The quantitative estimate of drug-likeness (QED) is 0.717. The van der Waals surface area contributed by atoms with Gasteiger partial charge in [0.05, 0.1) is 0 Å². The van der Waals surface area contributed by atoms with Crippen LogP contribution in [0.3, 0.4) is 0 Å². The van der Waals surface area contributed by atoms with E-state index < -0.39 is 18.3 Å². The van der Waals surface area contributed by atoms with Gasteiger partial charge in [-0.1, -0.05) is 13.3 Å². The van der Waals surface area contributed by atoms with E-state index in [0.29, 0.717) is 18.8 Å². The van der Waals surface area contributed by atoms with E-state index in [1.807, 2.05) is 0 Å². The van der Waals surface area contributed by atoms with Crippen LogP contribution in [0, 0.1) is 5.92 Å². The molecule has 18 heavy (non-hydrogen) atoms. The molecule has 0 unspecified atom stereocenters. The van der Waals surface area contributed by atoms with Crippen LogP contribution in [0.2, 0.25) is 0 Å². The van der Waals surface area contributed by atoms with E-state index in [1.54, 1.807) is 0 Å². The molecular formula is C12H19F4NO. The number of rotatable bonds is 4. The van der Waals surface area contributed by atoms with Crippen molar-refractivity contribution in [1.82, 2.24) is 4.90 Å². The first kappa shape index (κ1) is 15.2. The van der Waals surface area contributed by atoms with Gasteiger partial charge in [-0.3, -0.25) is 4.79 Å². The van der Waals surface area contributed by atoms with Crippen LogP contribution in [0.1, 0.15) is 39.0 Å². The topological polar surface area (TPSA) is 20.3 Å². The lowest BCUT2D eigenvalue weighted by Gasteiger charge is -2.35. The summed E-state index contributed by atoms with van der Waals surface area (Å²) in [6, 6.07) is -0.343. The van der Waals surface area contributed by atoms with Crippen molar-refractivity contribution in [2.75, 3.05) is 7.05 Å². The number of halogens is 4. The SMILES string of the molecule is CCC1CCC(N(C)C(=O)C(F)(F)C(F)F)CC1. The van der Waals surface area contributed by atoms with Gasteiger partial charge in [0.15, 0.2) is 0 Å². The minimum absolute atomic E-state index is 0.343. The van der Waals surface area contributed by atoms with Crippen LogP contribution >= 0.6 is 0 Å². The molecule has 0 heterocycles. The fraction of sp³-hybridized carbons (Fsp3) is 0.917. The number of hydrogen-bond donors (Lipinski definition) is 0. The van der Waals surface area contributed by atoms with E-state index in [4.69, 9.17) is 0 Å². The van der Waals surface area contributed by atoms with Crippen LogP contribution in [-0.4, -0.2) is 36.2 Å². The van der Waals surface area contributed by atoms with Gasteiger partial charge in [-0.2, -0.15) is 8.78 Å². The van der Waals surface area contributed by atoms with Gasteiger partial charge < -0.3 is 4.90 Å². The molecule has 1 amide bonds. The molecule has 0 spiro atoms. The lowest BCUT2D eigenvalue weighted by atomic mass is 9.84. The molecule has 1 aliphatic carbocycles. The minimum atomic E-state index is -4.57. The van der Waals surface area contributed by atoms with Crippen LogP contribution in [0.5, 0.6) is 0 Å². The molecule has 1 saturated carbocycles. The average molecular weight is 269 g/mol. The molecule has 1 aliphatic rings. The predicted molar refractivity (Wildman–Crippen MR) is 59.8 cm³/mol. The molecule has 6 heteroatoms. The average Bonchev–Trinajstić information content (AvgIpc) is 2.36. The summed E-state index contributed by atoms with van der Waals surface area (Å²) in [4.78, 5) is 12.2. The second-order valence-electron chi connectivity index (χ2n) is 4.92. The highest BCUT2D eigenvalue weighted by molar-refractivity contribution is 5.84. The van der Waals surface area contributed by atoms with Crippen LogP contribution in [0.4, 0.5) is 17.6 Å². The van der Waals surface area contributed by atoms with Crippen molar-refractivity contribution in [1.29, 1.82) is 0 Å². The van der Waals surface area contributed by atoms with Gasteiger partial charge >= 0.3 is 12.3 Å². The van der Waals surface area contributed by atoms with Crippen molar-refractivity contribution in [3.63, 3.8) is 0 Å². The normalized spacial score (nSPS) is 25.3. The Balaban J connectivity index is 2.60. The van der Waals surface area contributed by atoms with Gasteiger partial charge in [0.1, 0.15) is 0 Å². The van der Waals surface area contributed by atoms with E-state index in [-0.39, 0.29) is 6.04 Å². The van der Waals surface area contributed by atoms with Gasteiger partial charge in [-0.25, -0.2) is 8.78 Å². The summed E-state index contributed by atoms with van der Waals surface area (Å²) in [5.41, 5.74) is 0. The van der Waals surface area contributed by atoms with Gasteiger partial charge in [-0.15, -0.1) is 0 Å². The van der Waals surface area contributed by atoms with Crippen LogP contribution < -0.4 is 0 Å². The number of carbonyl (C=O) groups excluding carboxylic acids is 1. The molecule has 0 bridgehead atoms. The molecule has 106 valence electrons. The molecular weight excluding hydrogens is 250 g/mol. The third-order valence-corrected chi connectivity index (χ3v) is 3.82. The zero-order valence-electron chi connectivity index (χ0n) is 10.6. The second kappa shape index (κ2) is 5.89. The smallest absolute Gasteiger partial charge is 0.337 e. The zero-order valence-corrected chi connectivity index (χ0v) is 10.6. The van der Waals surface area contributed by atoms with E-state index in [2.05, 4.69) is 6.92 Å². The number of nitrogens with zero attached hydrogens (tertiary/aromatic N) is 1. The fourth-order valence-electron chi connectivity index (χ4n) is 2.43. The highest BCUT2D eigenvalue weighted by Gasteiger charge is 2.51. The maximum absolute atomic E-state index is 12.9. The highest BCUT2D eigenvalue weighted by Crippen LogP contribution is 2.32. The lowest BCUT2D eigenvalue weighted by molar-refractivity contribution is -0.182. The number of carbonyl (C=O) groups is 1. The standard InChI is InChI=1S/C12H19F4NO/c1-3-8-4-6-9(7-5-8)17(2)11(18)12(15,16)10(13)14/h8-10H,3-7H2,1-2H3. The maximum Gasteiger partial charge on any atom is 0.383 e. The van der Waals surface area contributed by atoms with Crippen molar-refractivity contribution in [3.8, 4) is 0 Å². The molecule has 1 rings (SSSR count). The Morgan fingerprint density at radius 1 is 1.28 bits per heavy atom. The minimum Gasteiger partial charge on any atom is -0.337 e. The number of alkyl halides is 4. The third-order valence-electron chi connectivity index (χ3n) is 3.82. The summed E-state index contributed by atoms with van der Waals surface area (Å²) in [6.45, 7) is 2.06. The van der Waals surface area contributed by atoms with Crippen molar-refractivity contribution in [2.45, 2.75) is 57.4 Å². The Hall–Kier alpha value is -0.810. The molecule has 0 aromatic rings. The Morgan fingerprint density at radius 2 is 1.78 bits per heavy atom. The van der Waals surface area contributed by atoms with E-state index in [9.17, 15) is 22.4 Å². The van der Waals surface area contributed by atoms with Crippen LogP contribution in [0.15, 0.2) is 0 Å². The van der Waals surface area contributed by atoms with Crippen molar-refractivity contribution >= 4 is 5.91 Å². The molecule has 2 nitrogen and oxygen atoms in total. The molecule has 0 aromatic heterocycles. The summed E-state index contributed by atoms with van der Waals surface area (Å²) >= 11 is 0. The van der Waals surface area contributed by atoms with Gasteiger partial charge in [0.2, 0.25) is 0 Å². The van der Waals surface area contributed by atoms with Crippen molar-refractivity contribution < 1.29 is 22.4 Å². The number of amides is 1. The summed E-state index contributed by atoms with van der Waals surface area (Å²) < 4.78 is 50.1. The summed E-state index contributed by atoms with van der Waals surface area (Å²) in [6.07, 6.45) is 0.0231. The van der Waals surface area contributed by atoms with Crippen LogP contribution in [-0.2, 0) is 4.79 Å². The van der Waals surface area contributed by atoms with Gasteiger partial charge in [0.25, 0.3) is 5.91 Å². The first-order valence-corrected chi connectivity index (χ1v) is 6.23. The molecule has 0 radical (unpaired) electrons. The fourth-order valence-corrected chi connectivity index (χ4v) is 2.43. The van der Waals surface area contributed by atoms with E-state index >= 15 is 0 Å². The first-order valence-electron chi connectivity index (χ1n) is 6.23. The molecule has 1 fully saturated rings. The Labute approximate surface area is 104 Å². The Morgan fingerprint density at radius 3 is 2.17 bits per heavy atom. The van der Waals surface area contributed by atoms with Gasteiger partial charge in [-0.05, 0) is 31.6 Å². The largest absolute Gasteiger partial charge is 0.383 e. The molecule has 0 saturated heterocycles. The van der Waals surface area contributed by atoms with Crippen molar-refractivity contribution in [3.05, 3.63) is 0 Å². The Kier molecular flexibility index (Phi) is 4.99. The van der Waals surface area contributed by atoms with Gasteiger partial charge in [0, 0.05) is 13.1 Å². The summed E-state index contributed by atoms with van der Waals surface area (Å²) in [7, 11) is 1.19. The zero-order chi connectivity index (χ0) is 13.9. The maximum atomic E-state index is 12.9. The molecule has 0 N–H and O–H groups in total. The predicted octanol–water partition coefficient (Wildman–Crippen LogP) is 3.31. The monoisotopic (exact) mass is 269 g/mol. The Bertz CT molecular complexity index is 288. The first-order chi connectivity index (χ1) is 8.30. The molecule has 0 atom stereocenters. The van der Waals surface area contributed by atoms with Crippen molar-refractivity contribution in [2.24, 2.45) is 5.92 Å². The lowest BCUT2D eigenvalue weighted by Crippen LogP contribution is -2.50. The van der Waals surface area contributed by atoms with Crippen LogP contribution in [0.25, 0.3) is 0 Å². The number of hydrogen-bond acceptors (Lipinski definition) is 1. The summed E-state index contributed by atoms with van der Waals surface area (Å²) in [5.74, 6) is -5.78. The second-order valence-corrected chi connectivity index (χ2v) is 4.92. The summed E-state index contributed by atoms with van der Waals surface area (Å²) in [5, 5.41) is 0. The molecule has 0 aliphatic heterocycles. The highest BCUT2D eigenvalue weighted by atomic mass is 19.3. The van der Waals surface area contributed by atoms with E-state index in [1.165, 1.54) is 7.05 Å². The molecule has 0 aromatic carbocycles.